The van der Waals surface area contributed by atoms with Crippen LogP contribution in [0.4, 0.5) is 4.79 Å². The molecule has 116 valence electrons. The third-order valence-corrected chi connectivity index (χ3v) is 4.51. The molecule has 0 saturated carbocycles. The molecule has 0 aromatic carbocycles. The Bertz CT molecular complexity index is 359. The summed E-state index contributed by atoms with van der Waals surface area (Å²) in [5, 5.41) is 0. The van der Waals surface area contributed by atoms with Gasteiger partial charge in [0.1, 0.15) is 5.60 Å². The van der Waals surface area contributed by atoms with Crippen LogP contribution in [0.3, 0.4) is 0 Å². The second-order valence-electron chi connectivity index (χ2n) is 7.23. The summed E-state index contributed by atoms with van der Waals surface area (Å²) in [4.78, 5) is 16.6. The number of hydrogen-bond donors (Lipinski definition) is 1. The molecule has 2 unspecified atom stereocenters. The highest BCUT2D eigenvalue weighted by atomic mass is 16.6. The Hall–Kier alpha value is -0.810. The van der Waals surface area contributed by atoms with Crippen molar-refractivity contribution in [3.8, 4) is 0 Å². The predicted octanol–water partition coefficient (Wildman–Crippen LogP) is 1.81. The molecule has 0 aromatic heterocycles. The summed E-state index contributed by atoms with van der Waals surface area (Å²) in [5.74, 6) is 0. The fourth-order valence-electron chi connectivity index (χ4n) is 3.00. The molecular formula is C15H29N3O2. The van der Waals surface area contributed by atoms with Gasteiger partial charge in [0.15, 0.2) is 0 Å². The van der Waals surface area contributed by atoms with E-state index in [-0.39, 0.29) is 18.2 Å². The van der Waals surface area contributed by atoms with Crippen LogP contribution in [0.1, 0.15) is 47.5 Å². The average Bonchev–Trinajstić information content (AvgIpc) is 2.87. The first-order valence-corrected chi connectivity index (χ1v) is 7.71. The quantitative estimate of drug-likeness (QED) is 0.785. The monoisotopic (exact) mass is 283 g/mol. The molecular weight excluding hydrogens is 254 g/mol. The van der Waals surface area contributed by atoms with Crippen LogP contribution >= 0.6 is 0 Å². The van der Waals surface area contributed by atoms with Gasteiger partial charge in [-0.2, -0.15) is 0 Å². The molecule has 5 heteroatoms. The maximum atomic E-state index is 12.4. The van der Waals surface area contributed by atoms with Crippen LogP contribution in [0.25, 0.3) is 0 Å². The van der Waals surface area contributed by atoms with Crippen LogP contribution in [0.15, 0.2) is 0 Å². The van der Waals surface area contributed by atoms with Gasteiger partial charge in [-0.25, -0.2) is 4.79 Å². The summed E-state index contributed by atoms with van der Waals surface area (Å²) in [7, 11) is 0. The molecule has 0 aliphatic carbocycles. The van der Waals surface area contributed by atoms with Crippen molar-refractivity contribution in [3.63, 3.8) is 0 Å². The topological polar surface area (TPSA) is 58.6 Å². The average molecular weight is 283 g/mol. The second-order valence-corrected chi connectivity index (χ2v) is 7.23. The van der Waals surface area contributed by atoms with Crippen molar-refractivity contribution >= 4 is 6.09 Å². The lowest BCUT2D eigenvalue weighted by atomic mass is 9.97. The van der Waals surface area contributed by atoms with Crippen molar-refractivity contribution in [2.24, 2.45) is 5.73 Å². The number of rotatable bonds is 2. The summed E-state index contributed by atoms with van der Waals surface area (Å²) in [6.45, 7) is 11.8. The van der Waals surface area contributed by atoms with E-state index in [9.17, 15) is 4.79 Å². The first-order chi connectivity index (χ1) is 9.20. The molecule has 1 amide bonds. The number of piperidine rings is 1. The molecule has 2 heterocycles. The number of ether oxygens (including phenoxy) is 1. The van der Waals surface area contributed by atoms with E-state index in [0.717, 1.165) is 25.9 Å². The van der Waals surface area contributed by atoms with Crippen molar-refractivity contribution in [2.45, 2.75) is 77.2 Å². The van der Waals surface area contributed by atoms with E-state index in [4.69, 9.17) is 10.5 Å². The van der Waals surface area contributed by atoms with Gasteiger partial charge in [0, 0.05) is 31.2 Å². The zero-order chi connectivity index (χ0) is 15.1. The van der Waals surface area contributed by atoms with E-state index < -0.39 is 5.60 Å². The molecule has 2 N–H and O–H groups in total. The Morgan fingerprint density at radius 1 is 1.30 bits per heavy atom. The van der Waals surface area contributed by atoms with Crippen molar-refractivity contribution in [1.29, 1.82) is 0 Å². The molecule has 2 aliphatic rings. The van der Waals surface area contributed by atoms with Gasteiger partial charge in [0.25, 0.3) is 0 Å². The van der Waals surface area contributed by atoms with Crippen LogP contribution in [-0.2, 0) is 4.74 Å². The molecule has 20 heavy (non-hydrogen) atoms. The van der Waals surface area contributed by atoms with E-state index >= 15 is 0 Å². The van der Waals surface area contributed by atoms with Crippen LogP contribution in [0, 0.1) is 0 Å². The summed E-state index contributed by atoms with van der Waals surface area (Å²) in [6, 6.07) is 1.33. The van der Waals surface area contributed by atoms with Crippen LogP contribution in [0.2, 0.25) is 0 Å². The van der Waals surface area contributed by atoms with Crippen molar-refractivity contribution < 1.29 is 9.53 Å². The van der Waals surface area contributed by atoms with E-state index in [0.29, 0.717) is 12.1 Å². The van der Waals surface area contributed by atoms with Crippen LogP contribution in [0.5, 0.6) is 0 Å². The van der Waals surface area contributed by atoms with Crippen molar-refractivity contribution in [2.75, 3.05) is 13.1 Å². The second kappa shape index (κ2) is 5.53. The predicted molar refractivity (Wildman–Crippen MR) is 79.6 cm³/mol. The molecule has 0 spiro atoms. The summed E-state index contributed by atoms with van der Waals surface area (Å²) in [5.41, 5.74) is 5.81. The van der Waals surface area contributed by atoms with Crippen LogP contribution < -0.4 is 5.73 Å². The lowest BCUT2D eigenvalue weighted by Crippen LogP contribution is -2.58. The first-order valence-electron chi connectivity index (χ1n) is 7.71. The van der Waals surface area contributed by atoms with Crippen molar-refractivity contribution in [1.82, 2.24) is 9.80 Å². The Kier molecular flexibility index (Phi) is 4.30. The van der Waals surface area contributed by atoms with Gasteiger partial charge in [-0.3, -0.25) is 4.90 Å². The largest absolute Gasteiger partial charge is 0.444 e. The summed E-state index contributed by atoms with van der Waals surface area (Å²) < 4.78 is 5.52. The summed E-state index contributed by atoms with van der Waals surface area (Å²) in [6.07, 6.45) is 1.72. The molecule has 0 radical (unpaired) electrons. The van der Waals surface area contributed by atoms with Gasteiger partial charge >= 0.3 is 6.09 Å². The lowest BCUT2D eigenvalue weighted by Gasteiger charge is -2.40. The fourth-order valence-corrected chi connectivity index (χ4v) is 3.00. The molecule has 5 nitrogen and oxygen atoms in total. The highest BCUT2D eigenvalue weighted by Gasteiger charge is 2.44. The Balaban J connectivity index is 2.02. The first kappa shape index (κ1) is 15.6. The Morgan fingerprint density at radius 2 is 1.90 bits per heavy atom. The molecule has 2 fully saturated rings. The molecule has 2 aliphatic heterocycles. The van der Waals surface area contributed by atoms with E-state index in [1.165, 1.54) is 0 Å². The number of nitrogens with zero attached hydrogens (tertiary/aromatic N) is 2. The summed E-state index contributed by atoms with van der Waals surface area (Å²) >= 11 is 0. The molecule has 0 bridgehead atoms. The highest BCUT2D eigenvalue weighted by Crippen LogP contribution is 2.30. The molecule has 4 atom stereocenters. The number of carbonyl (C=O) groups excluding carboxylic acids is 1. The Labute approximate surface area is 122 Å². The standard InChI is InChI=1S/C15H29N3O2/c1-10-11(2)18(10)9-13-12(16)7-6-8-17(13)14(19)20-15(3,4)5/h10-13H,6-9,16H2,1-5H3/t10?,11?,12-,13+,18?/m1/s1. The fraction of sp³-hybridized carbons (Fsp3) is 0.933. The third-order valence-electron chi connectivity index (χ3n) is 4.51. The van der Waals surface area contributed by atoms with E-state index in [1.807, 2.05) is 25.7 Å². The van der Waals surface area contributed by atoms with Gasteiger partial charge in [-0.15, -0.1) is 0 Å². The maximum Gasteiger partial charge on any atom is 0.410 e. The number of nitrogens with two attached hydrogens (primary N) is 1. The van der Waals surface area contributed by atoms with Gasteiger partial charge < -0.3 is 15.4 Å². The van der Waals surface area contributed by atoms with Crippen molar-refractivity contribution in [3.05, 3.63) is 0 Å². The number of carbonyl (C=O) groups is 1. The number of likely N-dealkylation sites (tertiary alicyclic amines) is 1. The van der Waals surface area contributed by atoms with E-state index in [1.54, 1.807) is 0 Å². The molecule has 2 rings (SSSR count). The minimum Gasteiger partial charge on any atom is -0.444 e. The minimum atomic E-state index is -0.455. The van der Waals surface area contributed by atoms with Gasteiger partial charge in [-0.05, 0) is 47.5 Å². The third kappa shape index (κ3) is 3.44. The van der Waals surface area contributed by atoms with Crippen LogP contribution in [-0.4, -0.2) is 58.8 Å². The SMILES string of the molecule is CC1C(C)N1C[C@H]1[C@H](N)CCCN1C(=O)OC(C)(C)C. The lowest BCUT2D eigenvalue weighted by molar-refractivity contribution is 0.00471. The Morgan fingerprint density at radius 3 is 2.40 bits per heavy atom. The zero-order valence-corrected chi connectivity index (χ0v) is 13.4. The van der Waals surface area contributed by atoms with Gasteiger partial charge in [0.2, 0.25) is 0 Å². The normalized spacial score (nSPS) is 37.7. The smallest absolute Gasteiger partial charge is 0.410 e. The van der Waals surface area contributed by atoms with Gasteiger partial charge in [-0.1, -0.05) is 0 Å². The molecule has 2 saturated heterocycles. The maximum absolute atomic E-state index is 12.4. The minimum absolute atomic E-state index is 0.0521. The molecule has 0 aromatic rings. The number of amides is 1. The van der Waals surface area contributed by atoms with E-state index in [2.05, 4.69) is 18.7 Å². The zero-order valence-electron chi connectivity index (χ0n) is 13.4. The number of hydrogen-bond acceptors (Lipinski definition) is 4. The van der Waals surface area contributed by atoms with Gasteiger partial charge in [0.05, 0.1) is 6.04 Å². The highest BCUT2D eigenvalue weighted by molar-refractivity contribution is 5.69.